The first-order valence-corrected chi connectivity index (χ1v) is 7.35. The van der Waals surface area contributed by atoms with Crippen molar-refractivity contribution in [2.75, 3.05) is 0 Å². The fourth-order valence-corrected chi connectivity index (χ4v) is 1.90. The van der Waals surface area contributed by atoms with E-state index in [2.05, 4.69) is 20.6 Å². The van der Waals surface area contributed by atoms with Crippen LogP contribution < -0.4 is 10.6 Å². The van der Waals surface area contributed by atoms with Gasteiger partial charge in [0.1, 0.15) is 5.41 Å². The van der Waals surface area contributed by atoms with Gasteiger partial charge in [-0.2, -0.15) is 0 Å². The molecule has 0 atom stereocenters. The summed E-state index contributed by atoms with van der Waals surface area (Å²) in [5.74, 6) is -0.664. The molecule has 23 heavy (non-hydrogen) atoms. The number of nitrogens with zero attached hydrogens (tertiary/aromatic N) is 2. The minimum Gasteiger partial charge on any atom is -0.351 e. The Hall–Kier alpha value is -2.76. The van der Waals surface area contributed by atoms with E-state index < -0.39 is 5.41 Å². The lowest BCUT2D eigenvalue weighted by molar-refractivity contribution is -0.141. The van der Waals surface area contributed by atoms with Crippen molar-refractivity contribution in [3.05, 3.63) is 60.2 Å². The number of rotatable bonds is 6. The molecule has 0 saturated heterocycles. The van der Waals surface area contributed by atoms with E-state index in [1.807, 2.05) is 30.3 Å². The van der Waals surface area contributed by atoms with Gasteiger partial charge in [0.05, 0.1) is 12.2 Å². The van der Waals surface area contributed by atoms with Crippen LogP contribution in [0.1, 0.15) is 25.1 Å². The van der Waals surface area contributed by atoms with Gasteiger partial charge in [-0.05, 0) is 43.7 Å². The maximum atomic E-state index is 12.3. The van der Waals surface area contributed by atoms with Gasteiger partial charge in [-0.1, -0.05) is 6.07 Å². The molecule has 2 heterocycles. The number of hydrogen-bond donors (Lipinski definition) is 2. The largest absolute Gasteiger partial charge is 0.351 e. The molecular weight excluding hydrogens is 292 g/mol. The zero-order valence-electron chi connectivity index (χ0n) is 13.2. The minimum atomic E-state index is -1.16. The normalized spacial score (nSPS) is 10.9. The van der Waals surface area contributed by atoms with Crippen LogP contribution in [-0.4, -0.2) is 21.8 Å². The predicted octanol–water partition coefficient (Wildman–Crippen LogP) is 1.44. The van der Waals surface area contributed by atoms with Gasteiger partial charge < -0.3 is 10.6 Å². The smallest absolute Gasteiger partial charge is 0.235 e. The first-order chi connectivity index (χ1) is 11.0. The van der Waals surface area contributed by atoms with E-state index >= 15 is 0 Å². The average Bonchev–Trinajstić information content (AvgIpc) is 2.59. The quantitative estimate of drug-likeness (QED) is 0.791. The fraction of sp³-hybridized carbons (Fsp3) is 0.294. The maximum absolute atomic E-state index is 12.3. The molecule has 120 valence electrons. The molecule has 2 rings (SSSR count). The second-order valence-corrected chi connectivity index (χ2v) is 5.67. The molecule has 0 bridgehead atoms. The summed E-state index contributed by atoms with van der Waals surface area (Å²) >= 11 is 0. The molecule has 6 nitrogen and oxygen atoms in total. The molecule has 2 amide bonds. The van der Waals surface area contributed by atoms with Crippen molar-refractivity contribution in [3.63, 3.8) is 0 Å². The molecule has 0 fully saturated rings. The van der Waals surface area contributed by atoms with Gasteiger partial charge in [-0.15, -0.1) is 0 Å². The standard InChI is InChI=1S/C17H20N4O2/c1-17(2,15(22)20-11-13-6-9-18-10-7-13)16(23)21-12-14-5-3-4-8-19-14/h3-10H,11-12H2,1-2H3,(H,20,22)(H,21,23). The summed E-state index contributed by atoms with van der Waals surface area (Å²) in [6.45, 7) is 3.85. The summed E-state index contributed by atoms with van der Waals surface area (Å²) in [6.07, 6.45) is 4.98. The molecule has 0 aromatic carbocycles. The van der Waals surface area contributed by atoms with Crippen LogP contribution >= 0.6 is 0 Å². The third-order valence-electron chi connectivity index (χ3n) is 3.49. The number of carbonyl (C=O) groups excluding carboxylic acids is 2. The van der Waals surface area contributed by atoms with Crippen LogP contribution in [0.2, 0.25) is 0 Å². The van der Waals surface area contributed by atoms with E-state index in [0.29, 0.717) is 13.1 Å². The first kappa shape index (κ1) is 16.6. The highest BCUT2D eigenvalue weighted by molar-refractivity contribution is 6.04. The molecule has 0 radical (unpaired) electrons. The second-order valence-electron chi connectivity index (χ2n) is 5.67. The number of aromatic nitrogens is 2. The summed E-state index contributed by atoms with van der Waals surface area (Å²) in [4.78, 5) is 32.6. The molecule has 2 aromatic heterocycles. The van der Waals surface area contributed by atoms with Gasteiger partial charge in [0.2, 0.25) is 11.8 Å². The number of pyridine rings is 2. The van der Waals surface area contributed by atoms with E-state index in [-0.39, 0.29) is 11.8 Å². The van der Waals surface area contributed by atoms with Crippen molar-refractivity contribution in [1.82, 2.24) is 20.6 Å². The Bertz CT molecular complexity index is 599. The van der Waals surface area contributed by atoms with Crippen LogP contribution in [0.3, 0.4) is 0 Å². The Balaban J connectivity index is 1.88. The summed E-state index contributed by atoms with van der Waals surface area (Å²) in [7, 11) is 0. The Kier molecular flexibility index (Phi) is 5.41. The van der Waals surface area contributed by atoms with Crippen LogP contribution in [-0.2, 0) is 22.7 Å². The number of amides is 2. The summed E-state index contributed by atoms with van der Waals surface area (Å²) in [5, 5.41) is 5.52. The molecule has 0 aliphatic carbocycles. The van der Waals surface area contributed by atoms with E-state index in [0.717, 1.165) is 11.3 Å². The van der Waals surface area contributed by atoms with Crippen molar-refractivity contribution < 1.29 is 9.59 Å². The first-order valence-electron chi connectivity index (χ1n) is 7.35. The molecule has 0 aliphatic rings. The SMILES string of the molecule is CC(C)(C(=O)NCc1ccncc1)C(=O)NCc1ccccn1. The lowest BCUT2D eigenvalue weighted by atomic mass is 9.91. The number of nitrogens with one attached hydrogen (secondary N) is 2. The van der Waals surface area contributed by atoms with Crippen molar-refractivity contribution in [1.29, 1.82) is 0 Å². The highest BCUT2D eigenvalue weighted by Gasteiger charge is 2.35. The van der Waals surface area contributed by atoms with Crippen LogP contribution in [0.5, 0.6) is 0 Å². The molecule has 0 saturated carbocycles. The van der Waals surface area contributed by atoms with E-state index in [1.165, 1.54) is 0 Å². The molecular formula is C17H20N4O2. The average molecular weight is 312 g/mol. The van der Waals surface area contributed by atoms with Gasteiger partial charge in [-0.3, -0.25) is 19.6 Å². The van der Waals surface area contributed by atoms with Gasteiger partial charge in [0, 0.05) is 25.1 Å². The zero-order valence-corrected chi connectivity index (χ0v) is 13.2. The lowest BCUT2D eigenvalue weighted by Crippen LogP contribution is -2.47. The third kappa shape index (κ3) is 4.60. The highest BCUT2D eigenvalue weighted by Crippen LogP contribution is 2.16. The van der Waals surface area contributed by atoms with Gasteiger partial charge >= 0.3 is 0 Å². The Morgan fingerprint density at radius 3 is 2.22 bits per heavy atom. The van der Waals surface area contributed by atoms with Crippen molar-refractivity contribution in [2.45, 2.75) is 26.9 Å². The third-order valence-corrected chi connectivity index (χ3v) is 3.49. The van der Waals surface area contributed by atoms with Crippen LogP contribution in [0, 0.1) is 5.41 Å². The fourth-order valence-electron chi connectivity index (χ4n) is 1.90. The van der Waals surface area contributed by atoms with Gasteiger partial charge in [-0.25, -0.2) is 0 Å². The highest BCUT2D eigenvalue weighted by atomic mass is 16.2. The molecule has 2 aromatic rings. The van der Waals surface area contributed by atoms with Crippen molar-refractivity contribution in [3.8, 4) is 0 Å². The summed E-state index contributed by atoms with van der Waals surface area (Å²) in [6, 6.07) is 9.10. The summed E-state index contributed by atoms with van der Waals surface area (Å²) < 4.78 is 0. The maximum Gasteiger partial charge on any atom is 0.235 e. The van der Waals surface area contributed by atoms with Crippen LogP contribution in [0.25, 0.3) is 0 Å². The Morgan fingerprint density at radius 1 is 0.957 bits per heavy atom. The molecule has 0 aliphatic heterocycles. The van der Waals surface area contributed by atoms with Gasteiger partial charge in [0.15, 0.2) is 0 Å². The second kappa shape index (κ2) is 7.49. The van der Waals surface area contributed by atoms with E-state index in [4.69, 9.17) is 0 Å². The minimum absolute atomic E-state index is 0.292. The monoisotopic (exact) mass is 312 g/mol. The predicted molar refractivity (Wildman–Crippen MR) is 85.9 cm³/mol. The number of hydrogen-bond acceptors (Lipinski definition) is 4. The van der Waals surface area contributed by atoms with Gasteiger partial charge in [0.25, 0.3) is 0 Å². The molecule has 2 N–H and O–H groups in total. The molecule has 0 unspecified atom stereocenters. The Morgan fingerprint density at radius 2 is 1.61 bits per heavy atom. The molecule has 0 spiro atoms. The zero-order chi connectivity index (χ0) is 16.7. The Labute approximate surface area is 135 Å². The number of carbonyl (C=O) groups is 2. The lowest BCUT2D eigenvalue weighted by Gasteiger charge is -2.22. The van der Waals surface area contributed by atoms with E-state index in [9.17, 15) is 9.59 Å². The van der Waals surface area contributed by atoms with Crippen LogP contribution in [0.4, 0.5) is 0 Å². The molecule has 6 heteroatoms. The summed E-state index contributed by atoms with van der Waals surface area (Å²) in [5.41, 5.74) is 0.508. The van der Waals surface area contributed by atoms with Crippen LogP contribution in [0.15, 0.2) is 48.9 Å². The van der Waals surface area contributed by atoms with E-state index in [1.54, 1.807) is 32.4 Å². The van der Waals surface area contributed by atoms with Crippen molar-refractivity contribution >= 4 is 11.8 Å². The van der Waals surface area contributed by atoms with Crippen molar-refractivity contribution in [2.24, 2.45) is 5.41 Å². The topological polar surface area (TPSA) is 84.0 Å².